The highest BCUT2D eigenvalue weighted by atomic mass is 32.2. The van der Waals surface area contributed by atoms with E-state index >= 15 is 0 Å². The van der Waals surface area contributed by atoms with Crippen molar-refractivity contribution in [3.8, 4) is 0 Å². The molecule has 0 rings (SSSR count). The van der Waals surface area contributed by atoms with Crippen LogP contribution in [-0.4, -0.2) is 88.5 Å². The van der Waals surface area contributed by atoms with Gasteiger partial charge in [0.1, 0.15) is 5.75 Å². The molecule has 0 aromatic carbocycles. The molecule has 0 aromatic heterocycles. The second-order valence-electron chi connectivity index (χ2n) is 7.41. The molecule has 174 valence electrons. The van der Waals surface area contributed by atoms with Gasteiger partial charge in [0.2, 0.25) is 5.91 Å². The fraction of sp³-hybridized carbons (Fsp3) is 0.929. The van der Waals surface area contributed by atoms with Crippen molar-refractivity contribution in [2.75, 3.05) is 45.7 Å². The Morgan fingerprint density at radius 2 is 1.38 bits per heavy atom. The Morgan fingerprint density at radius 3 is 1.79 bits per heavy atom. The molecule has 15 heteroatoms. The van der Waals surface area contributed by atoms with Gasteiger partial charge in [-0.2, -0.15) is 39.5 Å². The van der Waals surface area contributed by atoms with Crippen LogP contribution in [0.25, 0.3) is 0 Å². The van der Waals surface area contributed by atoms with Crippen molar-refractivity contribution in [1.82, 2.24) is 5.32 Å². The number of nitrogens with one attached hydrogen (secondary N) is 1. The average Bonchev–Trinajstić information content (AvgIpc) is 2.47. The first kappa shape index (κ1) is 27.8. The van der Waals surface area contributed by atoms with E-state index in [-0.39, 0.29) is 6.54 Å². The molecular weight excluding hydrogens is 447 g/mol. The molecule has 0 aliphatic heterocycles. The van der Waals surface area contributed by atoms with Gasteiger partial charge in [0.05, 0.1) is 33.4 Å². The summed E-state index contributed by atoms with van der Waals surface area (Å²) in [6, 6.07) is 0. The number of hydrogen-bond donors (Lipinski definition) is 1. The molecule has 0 aliphatic rings. The standard InChI is InChI=1S/C14H21F9N2O3S/c1-25(2,3)7-4-6-24-10(26)9-29(27,28)8-5-11(15,16)12(17,18)13(19,20)14(21,22)23/h4-9H2,1-3H3/p+1. The lowest BCUT2D eigenvalue weighted by molar-refractivity contribution is -0.870. The number of halogens is 9. The number of quaternary nitrogens is 1. The van der Waals surface area contributed by atoms with Crippen molar-refractivity contribution in [2.45, 2.75) is 36.8 Å². The minimum atomic E-state index is -7.09. The van der Waals surface area contributed by atoms with Crippen molar-refractivity contribution < 1.29 is 57.2 Å². The maximum atomic E-state index is 13.4. The van der Waals surface area contributed by atoms with Crippen LogP contribution in [0.2, 0.25) is 0 Å². The summed E-state index contributed by atoms with van der Waals surface area (Å²) in [5, 5.41) is 2.15. The summed E-state index contributed by atoms with van der Waals surface area (Å²) in [7, 11) is 0.737. The number of amides is 1. The molecule has 0 heterocycles. The highest BCUT2D eigenvalue weighted by Gasteiger charge is 2.81. The van der Waals surface area contributed by atoms with Gasteiger partial charge in [-0.15, -0.1) is 0 Å². The van der Waals surface area contributed by atoms with Crippen molar-refractivity contribution in [1.29, 1.82) is 0 Å². The smallest absolute Gasteiger partial charge is 0.355 e. The topological polar surface area (TPSA) is 63.2 Å². The zero-order chi connectivity index (χ0) is 23.5. The number of hydrogen-bond acceptors (Lipinski definition) is 3. The van der Waals surface area contributed by atoms with Crippen molar-refractivity contribution in [2.24, 2.45) is 0 Å². The van der Waals surface area contributed by atoms with Gasteiger partial charge in [-0.25, -0.2) is 8.42 Å². The predicted molar refractivity (Wildman–Crippen MR) is 84.7 cm³/mol. The molecule has 0 aliphatic carbocycles. The van der Waals surface area contributed by atoms with Gasteiger partial charge in [0, 0.05) is 19.4 Å². The Labute approximate surface area is 161 Å². The summed E-state index contributed by atoms with van der Waals surface area (Å²) in [5.41, 5.74) is 0. The molecule has 0 aromatic rings. The third-order valence-corrected chi connectivity index (χ3v) is 5.14. The van der Waals surface area contributed by atoms with Gasteiger partial charge in [0.15, 0.2) is 9.84 Å². The van der Waals surface area contributed by atoms with Crippen LogP contribution in [0.3, 0.4) is 0 Å². The lowest BCUT2D eigenvalue weighted by atomic mass is 10.0. The highest BCUT2D eigenvalue weighted by molar-refractivity contribution is 7.92. The number of nitrogens with zero attached hydrogens (tertiary/aromatic N) is 1. The van der Waals surface area contributed by atoms with E-state index in [4.69, 9.17) is 0 Å². The number of rotatable bonds is 11. The predicted octanol–water partition coefficient (Wildman–Crippen LogP) is 2.47. The second kappa shape index (κ2) is 8.86. The van der Waals surface area contributed by atoms with E-state index in [2.05, 4.69) is 5.32 Å². The minimum absolute atomic E-state index is 0.0237. The second-order valence-corrected chi connectivity index (χ2v) is 9.59. The molecule has 1 amide bonds. The monoisotopic (exact) mass is 469 g/mol. The number of carbonyl (C=O) groups is 1. The maximum absolute atomic E-state index is 13.4. The van der Waals surface area contributed by atoms with Gasteiger partial charge in [-0.1, -0.05) is 0 Å². The number of carbonyl (C=O) groups excluding carboxylic acids is 1. The minimum Gasteiger partial charge on any atom is -0.355 e. The van der Waals surface area contributed by atoms with Crippen molar-refractivity contribution in [3.63, 3.8) is 0 Å². The van der Waals surface area contributed by atoms with Crippen LogP contribution in [0.5, 0.6) is 0 Å². The van der Waals surface area contributed by atoms with Gasteiger partial charge in [-0.3, -0.25) is 4.79 Å². The maximum Gasteiger partial charge on any atom is 0.460 e. The first-order chi connectivity index (χ1) is 12.6. The van der Waals surface area contributed by atoms with Crippen molar-refractivity contribution >= 4 is 15.7 Å². The molecule has 0 radical (unpaired) electrons. The van der Waals surface area contributed by atoms with Crippen LogP contribution in [0.15, 0.2) is 0 Å². The normalized spacial score (nSPS) is 14.8. The molecule has 0 saturated carbocycles. The van der Waals surface area contributed by atoms with Gasteiger partial charge in [0.25, 0.3) is 0 Å². The first-order valence-corrected chi connectivity index (χ1v) is 9.86. The lowest BCUT2D eigenvalue weighted by Crippen LogP contribution is -2.61. The van der Waals surface area contributed by atoms with Crippen molar-refractivity contribution in [3.05, 3.63) is 0 Å². The molecule has 0 atom stereocenters. The Morgan fingerprint density at radius 1 is 0.897 bits per heavy atom. The third-order valence-electron chi connectivity index (χ3n) is 3.62. The highest BCUT2D eigenvalue weighted by Crippen LogP contribution is 2.54. The van der Waals surface area contributed by atoms with E-state index in [9.17, 15) is 52.7 Å². The Balaban J connectivity index is 4.92. The molecule has 0 unspecified atom stereocenters. The van der Waals surface area contributed by atoms with E-state index in [1.807, 2.05) is 21.1 Å². The van der Waals surface area contributed by atoms with Crippen LogP contribution in [0, 0.1) is 0 Å². The zero-order valence-electron chi connectivity index (χ0n) is 15.7. The molecule has 0 fully saturated rings. The number of sulfone groups is 1. The van der Waals surface area contributed by atoms with E-state index in [0.717, 1.165) is 0 Å². The Hall–Kier alpha value is -1.25. The van der Waals surface area contributed by atoms with Crippen LogP contribution < -0.4 is 5.32 Å². The summed E-state index contributed by atoms with van der Waals surface area (Å²) in [4.78, 5) is 11.5. The molecule has 1 N–H and O–H groups in total. The molecule has 0 saturated heterocycles. The molecule has 5 nitrogen and oxygen atoms in total. The summed E-state index contributed by atoms with van der Waals surface area (Å²) in [5.74, 6) is -24.4. The van der Waals surface area contributed by atoms with Crippen LogP contribution in [0.4, 0.5) is 39.5 Å². The summed E-state index contributed by atoms with van der Waals surface area (Å²) >= 11 is 0. The number of alkyl halides is 9. The molecule has 0 bridgehead atoms. The molecule has 29 heavy (non-hydrogen) atoms. The SMILES string of the molecule is C[N+](C)(C)CCCNC(=O)CS(=O)(=O)CCC(F)(F)C(F)(F)C(F)(F)C(F)(F)F. The Bertz CT molecular complexity index is 671. The van der Waals surface area contributed by atoms with E-state index in [1.165, 1.54) is 0 Å². The molecule has 0 spiro atoms. The molecular formula is C14H22F9N2O3S+. The fourth-order valence-electron chi connectivity index (χ4n) is 1.95. The fourth-order valence-corrected chi connectivity index (χ4v) is 3.17. The van der Waals surface area contributed by atoms with E-state index in [1.54, 1.807) is 0 Å². The largest absolute Gasteiger partial charge is 0.460 e. The van der Waals surface area contributed by atoms with E-state index < -0.39 is 57.6 Å². The average molecular weight is 469 g/mol. The van der Waals surface area contributed by atoms with Crippen LogP contribution in [0.1, 0.15) is 12.8 Å². The van der Waals surface area contributed by atoms with Crippen LogP contribution >= 0.6 is 0 Å². The van der Waals surface area contributed by atoms with Crippen LogP contribution in [-0.2, 0) is 14.6 Å². The zero-order valence-corrected chi connectivity index (χ0v) is 16.5. The summed E-state index contributed by atoms with van der Waals surface area (Å²) < 4.78 is 138. The Kier molecular flexibility index (Phi) is 8.48. The van der Waals surface area contributed by atoms with E-state index in [0.29, 0.717) is 17.4 Å². The summed E-state index contributed by atoms with van der Waals surface area (Å²) in [6.45, 7) is 0.609. The third kappa shape index (κ3) is 7.83. The first-order valence-electron chi connectivity index (χ1n) is 8.03. The quantitative estimate of drug-likeness (QED) is 0.287. The lowest BCUT2D eigenvalue weighted by Gasteiger charge is -2.33. The van der Waals surface area contributed by atoms with Gasteiger partial charge >= 0.3 is 23.9 Å². The van der Waals surface area contributed by atoms with Gasteiger partial charge < -0.3 is 9.80 Å². The summed E-state index contributed by atoms with van der Waals surface area (Å²) in [6.07, 6.45) is -9.08. The van der Waals surface area contributed by atoms with Gasteiger partial charge in [-0.05, 0) is 0 Å².